The highest BCUT2D eigenvalue weighted by atomic mass is 19.3. The molecule has 1 aromatic rings. The molecule has 1 unspecified atom stereocenters. The normalized spacial score (nSPS) is 18.8. The molecule has 4 nitrogen and oxygen atoms in total. The number of halogens is 3. The van der Waals surface area contributed by atoms with Gasteiger partial charge in [-0.15, -0.1) is 0 Å². The summed E-state index contributed by atoms with van der Waals surface area (Å²) in [4.78, 5) is 0. The topological polar surface area (TPSA) is 53.7 Å². The zero-order valence-corrected chi connectivity index (χ0v) is 10.1. The molecule has 1 aliphatic heterocycles. The molecule has 1 saturated heterocycles. The Labute approximate surface area is 108 Å². The first-order valence-corrected chi connectivity index (χ1v) is 5.84. The molecule has 0 amide bonds. The third-order valence-electron chi connectivity index (χ3n) is 2.73. The first kappa shape index (κ1) is 13.8. The van der Waals surface area contributed by atoms with E-state index in [0.29, 0.717) is 6.61 Å². The van der Waals surface area contributed by atoms with Gasteiger partial charge in [-0.3, -0.25) is 0 Å². The van der Waals surface area contributed by atoms with Crippen LogP contribution in [0.2, 0.25) is 0 Å². The number of ether oxygens (including phenoxy) is 3. The first-order valence-electron chi connectivity index (χ1n) is 5.84. The lowest BCUT2D eigenvalue weighted by Crippen LogP contribution is -2.17. The van der Waals surface area contributed by atoms with Gasteiger partial charge >= 0.3 is 6.61 Å². The van der Waals surface area contributed by atoms with E-state index in [-0.39, 0.29) is 24.1 Å². The number of benzene rings is 1. The van der Waals surface area contributed by atoms with Crippen molar-refractivity contribution in [1.29, 1.82) is 0 Å². The number of alkyl halides is 2. The van der Waals surface area contributed by atoms with Crippen molar-refractivity contribution >= 4 is 5.69 Å². The van der Waals surface area contributed by atoms with Crippen molar-refractivity contribution in [3.8, 4) is 11.5 Å². The maximum atomic E-state index is 13.3. The minimum absolute atomic E-state index is 0.0251. The van der Waals surface area contributed by atoms with Gasteiger partial charge in [0.25, 0.3) is 0 Å². The van der Waals surface area contributed by atoms with Crippen molar-refractivity contribution in [2.24, 2.45) is 0 Å². The molecule has 1 fully saturated rings. The van der Waals surface area contributed by atoms with Crippen molar-refractivity contribution < 1.29 is 27.4 Å². The third-order valence-corrected chi connectivity index (χ3v) is 2.73. The van der Waals surface area contributed by atoms with E-state index < -0.39 is 18.2 Å². The van der Waals surface area contributed by atoms with Crippen LogP contribution in [-0.4, -0.2) is 25.9 Å². The number of rotatable bonds is 5. The van der Waals surface area contributed by atoms with E-state index in [1.54, 1.807) is 0 Å². The largest absolute Gasteiger partial charge is 0.489 e. The Hall–Kier alpha value is -1.63. The quantitative estimate of drug-likeness (QED) is 0.840. The summed E-state index contributed by atoms with van der Waals surface area (Å²) < 4.78 is 52.2. The van der Waals surface area contributed by atoms with Gasteiger partial charge in [-0.05, 0) is 12.8 Å². The maximum absolute atomic E-state index is 13.3. The first-order chi connectivity index (χ1) is 9.06. The van der Waals surface area contributed by atoms with Crippen LogP contribution in [0.1, 0.15) is 12.8 Å². The SMILES string of the molecule is Nc1cc(F)c(OC(F)F)cc1OCC1CCCO1. The van der Waals surface area contributed by atoms with Crippen molar-refractivity contribution in [3.05, 3.63) is 17.9 Å². The molecule has 0 saturated carbocycles. The minimum Gasteiger partial charge on any atom is -0.489 e. The van der Waals surface area contributed by atoms with Crippen molar-refractivity contribution in [2.75, 3.05) is 18.9 Å². The van der Waals surface area contributed by atoms with Gasteiger partial charge in [-0.1, -0.05) is 0 Å². The third kappa shape index (κ3) is 3.66. The molecule has 1 aromatic carbocycles. The second kappa shape index (κ2) is 6.01. The summed E-state index contributed by atoms with van der Waals surface area (Å²) in [7, 11) is 0. The predicted octanol–water partition coefficient (Wildman–Crippen LogP) is 2.57. The molecule has 0 radical (unpaired) electrons. The molecule has 1 aliphatic rings. The van der Waals surface area contributed by atoms with E-state index in [4.69, 9.17) is 15.2 Å². The molecule has 0 spiro atoms. The number of nitrogens with two attached hydrogens (primary N) is 1. The molecule has 19 heavy (non-hydrogen) atoms. The van der Waals surface area contributed by atoms with Gasteiger partial charge in [-0.2, -0.15) is 8.78 Å². The Balaban J connectivity index is 2.05. The summed E-state index contributed by atoms with van der Waals surface area (Å²) in [5, 5.41) is 0. The van der Waals surface area contributed by atoms with Crippen molar-refractivity contribution in [3.63, 3.8) is 0 Å². The van der Waals surface area contributed by atoms with Crippen LogP contribution < -0.4 is 15.2 Å². The van der Waals surface area contributed by atoms with Crippen LogP contribution in [0.3, 0.4) is 0 Å². The summed E-state index contributed by atoms with van der Waals surface area (Å²) in [5.41, 5.74) is 5.58. The van der Waals surface area contributed by atoms with Crippen LogP contribution >= 0.6 is 0 Å². The van der Waals surface area contributed by atoms with E-state index in [9.17, 15) is 13.2 Å². The lowest BCUT2D eigenvalue weighted by atomic mass is 10.2. The van der Waals surface area contributed by atoms with Crippen LogP contribution in [0, 0.1) is 5.82 Å². The summed E-state index contributed by atoms with van der Waals surface area (Å²) in [6, 6.07) is 1.91. The van der Waals surface area contributed by atoms with Crippen molar-refractivity contribution in [1.82, 2.24) is 0 Å². The Bertz CT molecular complexity index is 436. The van der Waals surface area contributed by atoms with Crippen LogP contribution in [0.25, 0.3) is 0 Å². The Morgan fingerprint density at radius 2 is 2.16 bits per heavy atom. The molecule has 0 aliphatic carbocycles. The second-order valence-electron chi connectivity index (χ2n) is 4.14. The highest BCUT2D eigenvalue weighted by molar-refractivity contribution is 5.56. The van der Waals surface area contributed by atoms with Gasteiger partial charge in [0.05, 0.1) is 11.8 Å². The molecule has 0 aromatic heterocycles. The minimum atomic E-state index is -3.11. The van der Waals surface area contributed by atoms with Gasteiger partial charge in [0.2, 0.25) is 0 Å². The zero-order valence-electron chi connectivity index (χ0n) is 10.1. The standard InChI is InChI=1S/C12H14F3NO3/c13-8-4-9(16)11(5-10(8)19-12(14)15)18-6-7-2-1-3-17-7/h4-5,7,12H,1-3,6,16H2. The molecule has 0 bridgehead atoms. The van der Waals surface area contributed by atoms with E-state index in [2.05, 4.69) is 4.74 Å². The molecule has 2 N–H and O–H groups in total. The molecule has 2 rings (SSSR count). The maximum Gasteiger partial charge on any atom is 0.387 e. The van der Waals surface area contributed by atoms with E-state index >= 15 is 0 Å². The Kier molecular flexibility index (Phi) is 4.36. The van der Waals surface area contributed by atoms with Gasteiger partial charge in [0.1, 0.15) is 12.4 Å². The van der Waals surface area contributed by atoms with Gasteiger partial charge < -0.3 is 19.9 Å². The molecule has 1 atom stereocenters. The average Bonchev–Trinajstić information content (AvgIpc) is 2.83. The lowest BCUT2D eigenvalue weighted by Gasteiger charge is -2.14. The monoisotopic (exact) mass is 277 g/mol. The predicted molar refractivity (Wildman–Crippen MR) is 61.9 cm³/mol. The van der Waals surface area contributed by atoms with Gasteiger partial charge in [-0.25, -0.2) is 4.39 Å². The molecule has 7 heteroatoms. The van der Waals surface area contributed by atoms with E-state index in [0.717, 1.165) is 25.0 Å². The summed E-state index contributed by atoms with van der Waals surface area (Å²) in [6.45, 7) is -2.19. The van der Waals surface area contributed by atoms with E-state index in [1.165, 1.54) is 0 Å². The molecule has 106 valence electrons. The van der Waals surface area contributed by atoms with Gasteiger partial charge in [0, 0.05) is 18.7 Å². The zero-order chi connectivity index (χ0) is 13.8. The van der Waals surface area contributed by atoms with E-state index in [1.807, 2.05) is 0 Å². The number of anilines is 1. The molecular formula is C12H14F3NO3. The summed E-state index contributed by atoms with van der Waals surface area (Å²) in [5.74, 6) is -1.44. The fourth-order valence-electron chi connectivity index (χ4n) is 1.82. The fraction of sp³-hybridized carbons (Fsp3) is 0.500. The van der Waals surface area contributed by atoms with Gasteiger partial charge in [0.15, 0.2) is 11.6 Å². The smallest absolute Gasteiger partial charge is 0.387 e. The summed E-state index contributed by atoms with van der Waals surface area (Å²) >= 11 is 0. The Morgan fingerprint density at radius 1 is 1.37 bits per heavy atom. The van der Waals surface area contributed by atoms with Crippen LogP contribution in [0.5, 0.6) is 11.5 Å². The van der Waals surface area contributed by atoms with Crippen LogP contribution in [0.4, 0.5) is 18.9 Å². The van der Waals surface area contributed by atoms with Crippen LogP contribution in [-0.2, 0) is 4.74 Å². The summed E-state index contributed by atoms with van der Waals surface area (Å²) in [6.07, 6.45) is 1.76. The molecule has 1 heterocycles. The lowest BCUT2D eigenvalue weighted by molar-refractivity contribution is -0.0523. The number of hydrogen-bond acceptors (Lipinski definition) is 4. The fourth-order valence-corrected chi connectivity index (χ4v) is 1.82. The Morgan fingerprint density at radius 3 is 2.79 bits per heavy atom. The van der Waals surface area contributed by atoms with Crippen LogP contribution in [0.15, 0.2) is 12.1 Å². The highest BCUT2D eigenvalue weighted by Gasteiger charge is 2.18. The molecular weight excluding hydrogens is 263 g/mol. The number of hydrogen-bond donors (Lipinski definition) is 1. The number of nitrogen functional groups attached to an aromatic ring is 1. The average molecular weight is 277 g/mol. The van der Waals surface area contributed by atoms with Crippen molar-refractivity contribution in [2.45, 2.75) is 25.6 Å². The highest BCUT2D eigenvalue weighted by Crippen LogP contribution is 2.31. The second-order valence-corrected chi connectivity index (χ2v) is 4.14.